The van der Waals surface area contributed by atoms with E-state index in [0.29, 0.717) is 17.8 Å². The molecule has 0 saturated heterocycles. The standard InChI is InChI=1S/C15H13F2N3O/c16-10-4-2-5-11(17)14(10)20-15(21)9-3-1-6-12-13(9)19-8-7-18-12/h1-6,18-19H,7-8H2,(H,20,21). The predicted molar refractivity (Wildman–Crippen MR) is 77.7 cm³/mol. The summed E-state index contributed by atoms with van der Waals surface area (Å²) >= 11 is 0. The van der Waals surface area contributed by atoms with E-state index in [1.54, 1.807) is 12.1 Å². The normalized spacial score (nSPS) is 12.9. The molecule has 2 aromatic rings. The van der Waals surface area contributed by atoms with Crippen LogP contribution in [0.4, 0.5) is 25.8 Å². The topological polar surface area (TPSA) is 53.2 Å². The lowest BCUT2D eigenvalue weighted by Crippen LogP contribution is -2.24. The molecule has 0 radical (unpaired) electrons. The fourth-order valence-electron chi connectivity index (χ4n) is 2.26. The van der Waals surface area contributed by atoms with Gasteiger partial charge in [-0.2, -0.15) is 0 Å². The molecular weight excluding hydrogens is 276 g/mol. The Balaban J connectivity index is 1.93. The molecule has 4 nitrogen and oxygen atoms in total. The van der Waals surface area contributed by atoms with Crippen LogP contribution in [0.3, 0.4) is 0 Å². The number of fused-ring (bicyclic) bond motifs is 1. The quantitative estimate of drug-likeness (QED) is 0.796. The van der Waals surface area contributed by atoms with Gasteiger partial charge in [0.1, 0.15) is 17.3 Å². The van der Waals surface area contributed by atoms with Crippen molar-refractivity contribution in [2.24, 2.45) is 0 Å². The molecule has 0 unspecified atom stereocenters. The molecule has 3 N–H and O–H groups in total. The minimum Gasteiger partial charge on any atom is -0.382 e. The monoisotopic (exact) mass is 289 g/mol. The zero-order valence-corrected chi connectivity index (χ0v) is 11.0. The van der Waals surface area contributed by atoms with Crippen molar-refractivity contribution in [3.63, 3.8) is 0 Å². The Labute approximate surface area is 120 Å². The lowest BCUT2D eigenvalue weighted by molar-refractivity contribution is 0.102. The summed E-state index contributed by atoms with van der Waals surface area (Å²) in [5.74, 6) is -2.18. The van der Waals surface area contributed by atoms with Gasteiger partial charge in [0, 0.05) is 13.1 Å². The number of carbonyl (C=O) groups excluding carboxylic acids is 1. The molecule has 0 spiro atoms. The molecule has 0 aromatic heterocycles. The number of benzene rings is 2. The molecule has 1 amide bonds. The van der Waals surface area contributed by atoms with E-state index < -0.39 is 23.2 Å². The van der Waals surface area contributed by atoms with Crippen molar-refractivity contribution in [3.8, 4) is 0 Å². The Hall–Kier alpha value is -2.63. The number of rotatable bonds is 2. The minimum atomic E-state index is -0.806. The number of anilines is 3. The number of hydrogen-bond acceptors (Lipinski definition) is 3. The Morgan fingerprint density at radius 2 is 1.67 bits per heavy atom. The highest BCUT2D eigenvalue weighted by atomic mass is 19.1. The molecule has 2 aromatic carbocycles. The van der Waals surface area contributed by atoms with E-state index in [4.69, 9.17) is 0 Å². The van der Waals surface area contributed by atoms with E-state index in [-0.39, 0.29) is 0 Å². The number of halogens is 2. The first-order chi connectivity index (χ1) is 10.2. The maximum absolute atomic E-state index is 13.6. The lowest BCUT2D eigenvalue weighted by atomic mass is 10.1. The van der Waals surface area contributed by atoms with Gasteiger partial charge in [0.15, 0.2) is 0 Å². The maximum atomic E-state index is 13.6. The van der Waals surface area contributed by atoms with Crippen molar-refractivity contribution in [2.75, 3.05) is 29.0 Å². The van der Waals surface area contributed by atoms with E-state index in [2.05, 4.69) is 16.0 Å². The lowest BCUT2D eigenvalue weighted by Gasteiger charge is -2.22. The number of amides is 1. The van der Waals surface area contributed by atoms with Crippen LogP contribution in [0.25, 0.3) is 0 Å². The second kappa shape index (κ2) is 5.40. The van der Waals surface area contributed by atoms with E-state index >= 15 is 0 Å². The van der Waals surface area contributed by atoms with Crippen LogP contribution >= 0.6 is 0 Å². The largest absolute Gasteiger partial charge is 0.382 e. The zero-order valence-electron chi connectivity index (χ0n) is 11.0. The number of hydrogen-bond donors (Lipinski definition) is 3. The van der Waals surface area contributed by atoms with Gasteiger partial charge in [0.25, 0.3) is 5.91 Å². The van der Waals surface area contributed by atoms with Crippen LogP contribution in [0, 0.1) is 11.6 Å². The third-order valence-corrected chi connectivity index (χ3v) is 3.25. The highest BCUT2D eigenvalue weighted by molar-refractivity contribution is 6.10. The Morgan fingerprint density at radius 1 is 1.00 bits per heavy atom. The highest BCUT2D eigenvalue weighted by Crippen LogP contribution is 2.29. The van der Waals surface area contributed by atoms with Gasteiger partial charge in [0.05, 0.1) is 16.9 Å². The van der Waals surface area contributed by atoms with Gasteiger partial charge in [-0.15, -0.1) is 0 Å². The Kier molecular flexibility index (Phi) is 3.43. The highest BCUT2D eigenvalue weighted by Gasteiger charge is 2.19. The molecule has 108 valence electrons. The fourth-order valence-corrected chi connectivity index (χ4v) is 2.26. The summed E-state index contributed by atoms with van der Waals surface area (Å²) in [7, 11) is 0. The van der Waals surface area contributed by atoms with Crippen molar-refractivity contribution in [1.29, 1.82) is 0 Å². The molecule has 6 heteroatoms. The smallest absolute Gasteiger partial charge is 0.257 e. The van der Waals surface area contributed by atoms with Crippen LogP contribution in [-0.4, -0.2) is 19.0 Å². The predicted octanol–water partition coefficient (Wildman–Crippen LogP) is 3.05. The average Bonchev–Trinajstić information content (AvgIpc) is 2.50. The summed E-state index contributed by atoms with van der Waals surface area (Å²) in [5.41, 5.74) is 1.33. The number of nitrogens with one attached hydrogen (secondary N) is 3. The average molecular weight is 289 g/mol. The van der Waals surface area contributed by atoms with Crippen LogP contribution in [0.1, 0.15) is 10.4 Å². The summed E-state index contributed by atoms with van der Waals surface area (Å²) in [4.78, 5) is 12.3. The first-order valence-corrected chi connectivity index (χ1v) is 6.53. The second-order valence-electron chi connectivity index (χ2n) is 4.63. The first kappa shape index (κ1) is 13.4. The van der Waals surface area contributed by atoms with Crippen molar-refractivity contribution in [2.45, 2.75) is 0 Å². The van der Waals surface area contributed by atoms with E-state index in [9.17, 15) is 13.6 Å². The van der Waals surface area contributed by atoms with Crippen LogP contribution in [0.2, 0.25) is 0 Å². The van der Waals surface area contributed by atoms with Gasteiger partial charge in [-0.05, 0) is 24.3 Å². The van der Waals surface area contributed by atoms with Gasteiger partial charge in [-0.3, -0.25) is 4.79 Å². The molecular formula is C15H13F2N3O. The molecule has 0 bridgehead atoms. The molecule has 1 heterocycles. The summed E-state index contributed by atoms with van der Waals surface area (Å²) in [6.07, 6.45) is 0. The van der Waals surface area contributed by atoms with Crippen molar-refractivity contribution in [1.82, 2.24) is 0 Å². The second-order valence-corrected chi connectivity index (χ2v) is 4.63. The van der Waals surface area contributed by atoms with Gasteiger partial charge in [-0.1, -0.05) is 12.1 Å². The van der Waals surface area contributed by atoms with Gasteiger partial charge >= 0.3 is 0 Å². The third kappa shape index (κ3) is 2.52. The van der Waals surface area contributed by atoms with E-state index in [1.165, 1.54) is 6.07 Å². The molecule has 0 aliphatic carbocycles. The minimum absolute atomic E-state index is 0.336. The third-order valence-electron chi connectivity index (χ3n) is 3.25. The molecule has 21 heavy (non-hydrogen) atoms. The maximum Gasteiger partial charge on any atom is 0.257 e. The molecule has 0 fully saturated rings. The molecule has 3 rings (SSSR count). The summed E-state index contributed by atoms with van der Waals surface area (Å²) in [6.45, 7) is 1.42. The van der Waals surface area contributed by atoms with Crippen molar-refractivity contribution < 1.29 is 13.6 Å². The SMILES string of the molecule is O=C(Nc1c(F)cccc1F)c1cccc2c1NCCN2. The fraction of sp³-hybridized carbons (Fsp3) is 0.133. The number of carbonyl (C=O) groups is 1. The van der Waals surface area contributed by atoms with Gasteiger partial charge in [-0.25, -0.2) is 8.78 Å². The molecule has 0 atom stereocenters. The first-order valence-electron chi connectivity index (χ1n) is 6.53. The zero-order chi connectivity index (χ0) is 14.8. The van der Waals surface area contributed by atoms with Crippen LogP contribution in [0.15, 0.2) is 36.4 Å². The summed E-state index contributed by atoms with van der Waals surface area (Å²) < 4.78 is 27.2. The van der Waals surface area contributed by atoms with Crippen LogP contribution < -0.4 is 16.0 Å². The number of para-hydroxylation sites is 2. The Bertz CT molecular complexity index is 683. The van der Waals surface area contributed by atoms with Crippen molar-refractivity contribution in [3.05, 3.63) is 53.6 Å². The molecule has 0 saturated carbocycles. The molecule has 1 aliphatic rings. The summed E-state index contributed by atoms with van der Waals surface area (Å²) in [5, 5.41) is 8.56. The van der Waals surface area contributed by atoms with Crippen LogP contribution in [-0.2, 0) is 0 Å². The Morgan fingerprint density at radius 3 is 2.43 bits per heavy atom. The van der Waals surface area contributed by atoms with Crippen LogP contribution in [0.5, 0.6) is 0 Å². The van der Waals surface area contributed by atoms with Crippen molar-refractivity contribution >= 4 is 23.0 Å². The molecule has 1 aliphatic heterocycles. The van der Waals surface area contributed by atoms with E-state index in [1.807, 2.05) is 6.07 Å². The van der Waals surface area contributed by atoms with E-state index in [0.717, 1.165) is 24.4 Å². The van der Waals surface area contributed by atoms with Gasteiger partial charge in [0.2, 0.25) is 0 Å². The summed E-state index contributed by atoms with van der Waals surface area (Å²) in [6, 6.07) is 8.59. The van der Waals surface area contributed by atoms with Gasteiger partial charge < -0.3 is 16.0 Å².